The minimum atomic E-state index is -1.28. The average Bonchev–Trinajstić information content (AvgIpc) is 3.59. The van der Waals surface area contributed by atoms with Crippen molar-refractivity contribution in [3.63, 3.8) is 0 Å². The van der Waals surface area contributed by atoms with Gasteiger partial charge in [-0.3, -0.25) is 9.59 Å². The third-order valence-corrected chi connectivity index (χ3v) is 5.53. The smallest absolute Gasteiger partial charge is 0.341 e. The predicted octanol–water partition coefficient (Wildman–Crippen LogP) is 0.362. The molecule has 2 heterocycles. The number of hydrogen-bond donors (Lipinski definition) is 5. The zero-order chi connectivity index (χ0) is 23.6. The number of nitrogens with zero attached hydrogens (tertiary/aromatic N) is 2. The molecule has 0 bridgehead atoms. The van der Waals surface area contributed by atoms with Crippen LogP contribution in [0.25, 0.3) is 10.9 Å². The summed E-state index contributed by atoms with van der Waals surface area (Å²) in [7, 11) is 0. The highest BCUT2D eigenvalue weighted by Gasteiger charge is 2.28. The van der Waals surface area contributed by atoms with Crippen molar-refractivity contribution in [2.24, 2.45) is 5.73 Å². The molecule has 0 spiro atoms. The second-order valence-electron chi connectivity index (χ2n) is 7.98. The number of aliphatic hydroxyl groups excluding tert-OH is 1. The number of halogens is 1. The summed E-state index contributed by atoms with van der Waals surface area (Å²) in [4.78, 5) is 35.6. The summed E-state index contributed by atoms with van der Waals surface area (Å²) in [6.45, 7) is 4.29. The Morgan fingerprint density at radius 1 is 1.22 bits per heavy atom. The van der Waals surface area contributed by atoms with Crippen LogP contribution in [0.4, 0.5) is 10.1 Å². The highest BCUT2D eigenvalue weighted by Crippen LogP contribution is 2.38. The number of aromatic nitrogens is 1. The van der Waals surface area contributed by atoms with Crippen molar-refractivity contribution in [1.82, 2.24) is 9.88 Å². The van der Waals surface area contributed by atoms with Crippen LogP contribution in [0.2, 0.25) is 0 Å². The van der Waals surface area contributed by atoms with Crippen LogP contribution < -0.4 is 21.4 Å². The third kappa shape index (κ3) is 5.06. The zero-order valence-corrected chi connectivity index (χ0v) is 17.6. The van der Waals surface area contributed by atoms with E-state index in [2.05, 4.69) is 5.32 Å². The standard InChI is InChI=1S/C17H18FN3O3.C4H9NO3/c18-13-7-11-14(8-15(13)20-5-3-19-4-6-20)21(10-1-2-10)9-12(16(11)22)17(23)24;1-2(6)3(5)4(7)8/h7-10,19H,1-6H2,(H,23,24);2-3,6H,5H2,1H3,(H,7,8)/t;2-,3+/m.1/s1. The van der Waals surface area contributed by atoms with E-state index in [0.717, 1.165) is 25.9 Å². The first-order valence-corrected chi connectivity index (χ1v) is 10.4. The number of piperazine rings is 1. The second kappa shape index (κ2) is 9.63. The molecule has 10 nitrogen and oxygen atoms in total. The molecule has 4 rings (SSSR count). The maximum atomic E-state index is 14.6. The second-order valence-corrected chi connectivity index (χ2v) is 7.98. The van der Waals surface area contributed by atoms with Gasteiger partial charge in [-0.15, -0.1) is 0 Å². The van der Waals surface area contributed by atoms with E-state index in [1.165, 1.54) is 19.2 Å². The molecule has 0 amide bonds. The molecule has 174 valence electrons. The molecule has 6 N–H and O–H groups in total. The van der Waals surface area contributed by atoms with Gasteiger partial charge in [-0.25, -0.2) is 9.18 Å². The molecular weight excluding hydrogens is 423 g/mol. The Bertz CT molecular complexity index is 1080. The predicted molar refractivity (Wildman–Crippen MR) is 116 cm³/mol. The Balaban J connectivity index is 0.000000312. The molecule has 2 aromatic rings. The van der Waals surface area contributed by atoms with E-state index in [1.807, 2.05) is 9.47 Å². The average molecular weight is 450 g/mol. The molecule has 1 aliphatic carbocycles. The fourth-order valence-corrected chi connectivity index (χ4v) is 3.52. The van der Waals surface area contributed by atoms with Crippen LogP contribution in [-0.2, 0) is 4.79 Å². The van der Waals surface area contributed by atoms with E-state index < -0.39 is 35.3 Å². The molecule has 1 aromatic heterocycles. The number of aromatic carboxylic acids is 1. The topological polar surface area (TPSA) is 158 Å². The van der Waals surface area contributed by atoms with Crippen molar-refractivity contribution >= 4 is 28.5 Å². The number of fused-ring (bicyclic) bond motifs is 1. The van der Waals surface area contributed by atoms with Gasteiger partial charge < -0.3 is 35.8 Å². The Hall–Kier alpha value is -3.02. The molecule has 2 atom stereocenters. The molecule has 1 aromatic carbocycles. The van der Waals surface area contributed by atoms with Gasteiger partial charge in [0.2, 0.25) is 5.43 Å². The van der Waals surface area contributed by atoms with Crippen molar-refractivity contribution in [3.05, 3.63) is 39.9 Å². The van der Waals surface area contributed by atoms with Crippen molar-refractivity contribution in [1.29, 1.82) is 0 Å². The lowest BCUT2D eigenvalue weighted by molar-refractivity contribution is -0.140. The van der Waals surface area contributed by atoms with Gasteiger partial charge in [0.05, 0.1) is 17.3 Å². The number of anilines is 1. The summed E-state index contributed by atoms with van der Waals surface area (Å²) < 4.78 is 16.4. The molecule has 11 heteroatoms. The van der Waals surface area contributed by atoms with Gasteiger partial charge in [0.25, 0.3) is 0 Å². The van der Waals surface area contributed by atoms with E-state index >= 15 is 0 Å². The number of aliphatic carboxylic acids is 1. The first-order chi connectivity index (χ1) is 15.1. The quantitative estimate of drug-likeness (QED) is 0.434. The Morgan fingerprint density at radius 2 is 1.84 bits per heavy atom. The number of pyridine rings is 1. The van der Waals surface area contributed by atoms with Gasteiger partial charge in [-0.1, -0.05) is 0 Å². The minimum Gasteiger partial charge on any atom is -0.480 e. The van der Waals surface area contributed by atoms with E-state index in [9.17, 15) is 23.9 Å². The first kappa shape index (κ1) is 23.6. The van der Waals surface area contributed by atoms with E-state index in [1.54, 1.807) is 6.07 Å². The van der Waals surface area contributed by atoms with Crippen LogP contribution in [0.3, 0.4) is 0 Å². The Labute approximate surface area is 183 Å². The normalized spacial score (nSPS) is 17.9. The van der Waals surface area contributed by atoms with Crippen LogP contribution in [0.5, 0.6) is 0 Å². The third-order valence-electron chi connectivity index (χ3n) is 5.53. The van der Waals surface area contributed by atoms with Crippen LogP contribution in [0.1, 0.15) is 36.2 Å². The van der Waals surface area contributed by atoms with Gasteiger partial charge in [-0.2, -0.15) is 0 Å². The summed E-state index contributed by atoms with van der Waals surface area (Å²) >= 11 is 0. The summed E-state index contributed by atoms with van der Waals surface area (Å²) in [5.41, 5.74) is 5.07. The van der Waals surface area contributed by atoms with E-state index in [0.29, 0.717) is 24.3 Å². The van der Waals surface area contributed by atoms with Gasteiger partial charge in [0.1, 0.15) is 17.4 Å². The van der Waals surface area contributed by atoms with Gasteiger partial charge >= 0.3 is 11.9 Å². The highest BCUT2D eigenvalue weighted by molar-refractivity contribution is 5.93. The molecular formula is C21H27FN4O6. The number of nitrogens with one attached hydrogen (secondary N) is 1. The van der Waals surface area contributed by atoms with Crippen molar-refractivity contribution in [2.45, 2.75) is 38.0 Å². The molecule has 32 heavy (non-hydrogen) atoms. The SMILES string of the molecule is C[C@@H](O)[C@H](N)C(=O)O.O=C(O)c1cn(C2CC2)c2cc(N3CCNCC3)c(F)cc2c1=O. The minimum absolute atomic E-state index is 0.137. The summed E-state index contributed by atoms with van der Waals surface area (Å²) in [6.07, 6.45) is 2.31. The molecule has 2 aliphatic rings. The summed E-state index contributed by atoms with van der Waals surface area (Å²) in [6, 6.07) is 1.92. The van der Waals surface area contributed by atoms with Gasteiger partial charge in [-0.05, 0) is 31.9 Å². The lowest BCUT2D eigenvalue weighted by atomic mass is 10.1. The number of rotatable bonds is 5. The lowest BCUT2D eigenvalue weighted by Gasteiger charge is -2.30. The van der Waals surface area contributed by atoms with Crippen LogP contribution in [-0.4, -0.2) is 70.2 Å². The van der Waals surface area contributed by atoms with E-state index in [-0.39, 0.29) is 17.0 Å². The van der Waals surface area contributed by atoms with E-state index in [4.69, 9.17) is 15.9 Å². The van der Waals surface area contributed by atoms with Crippen LogP contribution >= 0.6 is 0 Å². The Morgan fingerprint density at radius 3 is 2.31 bits per heavy atom. The van der Waals surface area contributed by atoms with Crippen molar-refractivity contribution < 1.29 is 29.3 Å². The van der Waals surface area contributed by atoms with Crippen molar-refractivity contribution in [2.75, 3.05) is 31.1 Å². The monoisotopic (exact) mass is 450 g/mol. The molecule has 0 radical (unpaired) electrons. The molecule has 1 saturated heterocycles. The maximum absolute atomic E-state index is 14.6. The number of nitrogens with two attached hydrogens (primary N) is 1. The Kier molecular flexibility index (Phi) is 7.12. The largest absolute Gasteiger partial charge is 0.480 e. The fraction of sp³-hybridized carbons (Fsp3) is 0.476. The first-order valence-electron chi connectivity index (χ1n) is 10.4. The zero-order valence-electron chi connectivity index (χ0n) is 17.6. The number of aliphatic hydroxyl groups is 1. The molecule has 2 fully saturated rings. The van der Waals surface area contributed by atoms with Crippen molar-refractivity contribution in [3.8, 4) is 0 Å². The summed E-state index contributed by atoms with van der Waals surface area (Å²) in [5, 5.41) is 29.2. The number of carbonyl (C=O) groups is 2. The summed E-state index contributed by atoms with van der Waals surface area (Å²) in [5.74, 6) is -2.94. The number of hydrogen-bond acceptors (Lipinski definition) is 7. The molecule has 0 unspecified atom stereocenters. The molecule has 1 aliphatic heterocycles. The van der Waals surface area contributed by atoms with Crippen LogP contribution in [0.15, 0.2) is 23.1 Å². The highest BCUT2D eigenvalue weighted by atomic mass is 19.1. The van der Waals surface area contributed by atoms with Gasteiger partial charge in [0, 0.05) is 43.8 Å². The van der Waals surface area contributed by atoms with Gasteiger partial charge in [0.15, 0.2) is 0 Å². The number of carboxylic acids is 2. The lowest BCUT2D eigenvalue weighted by Crippen LogP contribution is -2.43. The fourth-order valence-electron chi connectivity index (χ4n) is 3.52. The number of benzene rings is 1. The molecule has 1 saturated carbocycles. The number of carboxylic acid groups (broad SMARTS) is 2. The van der Waals surface area contributed by atoms with Crippen LogP contribution in [0, 0.1) is 5.82 Å². The maximum Gasteiger partial charge on any atom is 0.341 e.